The lowest BCUT2D eigenvalue weighted by atomic mass is 10.1. The van der Waals surface area contributed by atoms with E-state index in [1.165, 1.54) is 13.2 Å². The summed E-state index contributed by atoms with van der Waals surface area (Å²) >= 11 is 0. The zero-order valence-electron chi connectivity index (χ0n) is 10.0. The fourth-order valence-electron chi connectivity index (χ4n) is 1.89. The highest BCUT2D eigenvalue weighted by molar-refractivity contribution is 5.50. The molecule has 0 bridgehead atoms. The summed E-state index contributed by atoms with van der Waals surface area (Å²) in [5.74, 6) is -0.137. The molecule has 0 unspecified atom stereocenters. The van der Waals surface area contributed by atoms with Crippen molar-refractivity contribution in [3.8, 4) is 11.8 Å². The van der Waals surface area contributed by atoms with Crippen LogP contribution in [0, 0.1) is 22.6 Å². The minimum absolute atomic E-state index is 0.217. The summed E-state index contributed by atoms with van der Waals surface area (Å²) in [7, 11) is 3.31. The fraction of sp³-hybridized carbons (Fsp3) is 0.462. The maximum absolute atomic E-state index is 13.5. The van der Waals surface area contributed by atoms with E-state index in [9.17, 15) is 4.39 Å². The van der Waals surface area contributed by atoms with E-state index in [1.807, 2.05) is 11.9 Å². The minimum Gasteiger partial charge on any atom is -0.494 e. The Kier molecular flexibility index (Phi) is 2.93. The van der Waals surface area contributed by atoms with Gasteiger partial charge in [0.05, 0.1) is 18.6 Å². The van der Waals surface area contributed by atoms with Gasteiger partial charge in [-0.2, -0.15) is 5.26 Å². The van der Waals surface area contributed by atoms with Gasteiger partial charge in [-0.3, -0.25) is 0 Å². The van der Waals surface area contributed by atoms with Crippen LogP contribution in [0.3, 0.4) is 0 Å². The molecule has 0 aliphatic heterocycles. The van der Waals surface area contributed by atoms with E-state index in [0.717, 1.165) is 18.5 Å². The molecule has 90 valence electrons. The lowest BCUT2D eigenvalue weighted by molar-refractivity contribution is 0.386. The average Bonchev–Trinajstić information content (AvgIpc) is 3.09. The van der Waals surface area contributed by atoms with Crippen LogP contribution < -0.4 is 9.64 Å². The summed E-state index contributed by atoms with van der Waals surface area (Å²) in [4.78, 5) is 1.92. The Morgan fingerprint density at radius 3 is 2.71 bits per heavy atom. The molecular formula is C13H15FN2O. The van der Waals surface area contributed by atoms with E-state index in [2.05, 4.69) is 6.07 Å². The SMILES string of the molecule is COc1ccc(N(C)CC2(C#N)CC2)cc1F. The maximum atomic E-state index is 13.5. The van der Waals surface area contributed by atoms with Crippen LogP contribution in [0.2, 0.25) is 0 Å². The minimum atomic E-state index is -0.376. The van der Waals surface area contributed by atoms with Crippen LogP contribution in [-0.2, 0) is 0 Å². The van der Waals surface area contributed by atoms with Crippen LogP contribution in [0.15, 0.2) is 18.2 Å². The van der Waals surface area contributed by atoms with Gasteiger partial charge < -0.3 is 9.64 Å². The number of hydrogen-bond donors (Lipinski definition) is 0. The molecule has 1 saturated carbocycles. The number of benzene rings is 1. The summed E-state index contributed by atoms with van der Waals surface area (Å²) in [5.41, 5.74) is 0.551. The molecule has 4 heteroatoms. The number of nitriles is 1. The summed E-state index contributed by atoms with van der Waals surface area (Å²) in [6, 6.07) is 7.17. The highest BCUT2D eigenvalue weighted by Crippen LogP contribution is 2.45. The third kappa shape index (κ3) is 2.33. The van der Waals surface area contributed by atoms with Gasteiger partial charge in [0.2, 0.25) is 0 Å². The van der Waals surface area contributed by atoms with E-state index < -0.39 is 0 Å². The quantitative estimate of drug-likeness (QED) is 0.803. The van der Waals surface area contributed by atoms with E-state index in [0.29, 0.717) is 6.54 Å². The highest BCUT2D eigenvalue weighted by Gasteiger charge is 2.44. The Balaban J connectivity index is 2.12. The second-order valence-corrected chi connectivity index (χ2v) is 4.57. The number of halogens is 1. The first-order valence-electron chi connectivity index (χ1n) is 5.56. The van der Waals surface area contributed by atoms with Crippen LogP contribution in [0.1, 0.15) is 12.8 Å². The first-order valence-corrected chi connectivity index (χ1v) is 5.56. The number of ether oxygens (including phenoxy) is 1. The van der Waals surface area contributed by atoms with E-state index in [4.69, 9.17) is 10.00 Å². The van der Waals surface area contributed by atoms with E-state index in [-0.39, 0.29) is 17.0 Å². The third-order valence-electron chi connectivity index (χ3n) is 3.21. The molecule has 1 aromatic rings. The maximum Gasteiger partial charge on any atom is 0.167 e. The predicted molar refractivity (Wildman–Crippen MR) is 63.5 cm³/mol. The molecule has 0 N–H and O–H groups in total. The number of hydrogen-bond acceptors (Lipinski definition) is 3. The molecule has 3 nitrogen and oxygen atoms in total. The monoisotopic (exact) mass is 234 g/mol. The van der Waals surface area contributed by atoms with Crippen molar-refractivity contribution >= 4 is 5.69 Å². The topological polar surface area (TPSA) is 36.3 Å². The number of anilines is 1. The molecular weight excluding hydrogens is 219 g/mol. The molecule has 0 spiro atoms. The van der Waals surface area contributed by atoms with Crippen LogP contribution in [-0.4, -0.2) is 20.7 Å². The van der Waals surface area contributed by atoms with Crippen molar-refractivity contribution in [2.45, 2.75) is 12.8 Å². The summed E-state index contributed by atoms with van der Waals surface area (Å²) in [6.07, 6.45) is 1.87. The normalized spacial score (nSPS) is 16.1. The third-order valence-corrected chi connectivity index (χ3v) is 3.21. The molecule has 0 aromatic heterocycles. The highest BCUT2D eigenvalue weighted by atomic mass is 19.1. The summed E-state index contributed by atoms with van der Waals surface area (Å²) < 4.78 is 18.4. The van der Waals surface area contributed by atoms with Crippen molar-refractivity contribution in [3.05, 3.63) is 24.0 Å². The molecule has 0 amide bonds. The molecule has 17 heavy (non-hydrogen) atoms. The van der Waals surface area contributed by atoms with Gasteiger partial charge in [0.25, 0.3) is 0 Å². The van der Waals surface area contributed by atoms with Gasteiger partial charge >= 0.3 is 0 Å². The van der Waals surface area contributed by atoms with Crippen molar-refractivity contribution in [2.75, 3.05) is 25.6 Å². The van der Waals surface area contributed by atoms with Gasteiger partial charge in [0, 0.05) is 25.3 Å². The molecule has 1 fully saturated rings. The number of rotatable bonds is 4. The Hall–Kier alpha value is -1.76. The number of nitrogens with zero attached hydrogens (tertiary/aromatic N) is 2. The molecule has 1 aromatic carbocycles. The Morgan fingerprint density at radius 2 is 2.24 bits per heavy atom. The van der Waals surface area contributed by atoms with Crippen LogP contribution >= 0.6 is 0 Å². The van der Waals surface area contributed by atoms with Gasteiger partial charge in [0.15, 0.2) is 11.6 Å². The molecule has 0 heterocycles. The Labute approximate surface area is 100 Å². The van der Waals surface area contributed by atoms with Crippen molar-refractivity contribution in [2.24, 2.45) is 5.41 Å². The second kappa shape index (κ2) is 4.25. The fourth-order valence-corrected chi connectivity index (χ4v) is 1.89. The van der Waals surface area contributed by atoms with Gasteiger partial charge in [0.1, 0.15) is 0 Å². The second-order valence-electron chi connectivity index (χ2n) is 4.57. The van der Waals surface area contributed by atoms with Crippen molar-refractivity contribution in [1.82, 2.24) is 0 Å². The molecule has 2 rings (SSSR count). The zero-order chi connectivity index (χ0) is 12.5. The van der Waals surface area contributed by atoms with Crippen molar-refractivity contribution in [1.29, 1.82) is 5.26 Å². The van der Waals surface area contributed by atoms with Gasteiger partial charge in [-0.1, -0.05) is 0 Å². The van der Waals surface area contributed by atoms with Gasteiger partial charge in [-0.15, -0.1) is 0 Å². The molecule has 0 radical (unpaired) electrons. The van der Waals surface area contributed by atoms with E-state index in [1.54, 1.807) is 12.1 Å². The van der Waals surface area contributed by atoms with Crippen molar-refractivity contribution < 1.29 is 9.13 Å². The van der Waals surface area contributed by atoms with Crippen LogP contribution in [0.5, 0.6) is 5.75 Å². The molecule has 0 atom stereocenters. The predicted octanol–water partition coefficient (Wildman–Crippen LogP) is 2.57. The van der Waals surface area contributed by atoms with Gasteiger partial charge in [-0.05, 0) is 25.0 Å². The summed E-state index contributed by atoms with van der Waals surface area (Å²) in [5, 5.41) is 9.02. The van der Waals surface area contributed by atoms with E-state index >= 15 is 0 Å². The summed E-state index contributed by atoms with van der Waals surface area (Å²) in [6.45, 7) is 0.648. The lowest BCUT2D eigenvalue weighted by Crippen LogP contribution is -2.25. The Bertz CT molecular complexity index is 463. The van der Waals surface area contributed by atoms with Crippen molar-refractivity contribution in [3.63, 3.8) is 0 Å². The largest absolute Gasteiger partial charge is 0.494 e. The molecule has 1 aliphatic rings. The first kappa shape index (κ1) is 11.7. The molecule has 0 saturated heterocycles. The molecule has 1 aliphatic carbocycles. The number of methoxy groups -OCH3 is 1. The lowest BCUT2D eigenvalue weighted by Gasteiger charge is -2.22. The average molecular weight is 234 g/mol. The Morgan fingerprint density at radius 1 is 1.53 bits per heavy atom. The smallest absolute Gasteiger partial charge is 0.167 e. The standard InChI is InChI=1S/C13H15FN2O/c1-16(9-13(8-15)5-6-13)10-3-4-12(17-2)11(14)7-10/h3-4,7H,5-6,9H2,1-2H3. The van der Waals surface area contributed by atoms with Gasteiger partial charge in [-0.25, -0.2) is 4.39 Å². The van der Waals surface area contributed by atoms with Crippen LogP contribution in [0.4, 0.5) is 10.1 Å². The zero-order valence-corrected chi connectivity index (χ0v) is 10.0. The first-order chi connectivity index (χ1) is 8.10. The van der Waals surface area contributed by atoms with Crippen LogP contribution in [0.25, 0.3) is 0 Å².